The molecule has 0 aliphatic carbocycles. The molecule has 9 heteroatoms. The predicted octanol–water partition coefficient (Wildman–Crippen LogP) is 3.57. The molecule has 1 aliphatic rings. The average Bonchev–Trinajstić information content (AvgIpc) is 2.70. The fourth-order valence-corrected chi connectivity index (χ4v) is 5.43. The molecule has 0 unspecified atom stereocenters. The van der Waals surface area contributed by atoms with E-state index in [1.807, 2.05) is 26.0 Å². The smallest absolute Gasteiger partial charge is 0.243 e. The Balaban J connectivity index is 1.60. The van der Waals surface area contributed by atoms with Crippen molar-refractivity contribution in [2.24, 2.45) is 0 Å². The fourth-order valence-electron chi connectivity index (χ4n) is 3.16. The number of ether oxygens (including phenoxy) is 1. The van der Waals surface area contributed by atoms with E-state index < -0.39 is 10.0 Å². The number of anilines is 1. The molecule has 29 heavy (non-hydrogen) atoms. The summed E-state index contributed by atoms with van der Waals surface area (Å²) in [5.74, 6) is 0. The maximum absolute atomic E-state index is 12.7. The van der Waals surface area contributed by atoms with E-state index in [9.17, 15) is 8.42 Å². The molecule has 0 atom stereocenters. The monoisotopic (exact) mass is 497 g/mol. The van der Waals surface area contributed by atoms with E-state index in [1.54, 1.807) is 24.3 Å². The lowest BCUT2D eigenvalue weighted by Gasteiger charge is -2.26. The number of benzene rings is 2. The molecular weight excluding hydrogens is 474 g/mol. The van der Waals surface area contributed by atoms with Gasteiger partial charge in [0, 0.05) is 29.8 Å². The van der Waals surface area contributed by atoms with Gasteiger partial charge in [-0.1, -0.05) is 28.1 Å². The molecule has 0 aromatic heterocycles. The van der Waals surface area contributed by atoms with E-state index in [1.165, 1.54) is 4.31 Å². The minimum Gasteiger partial charge on any atom is -0.379 e. The summed E-state index contributed by atoms with van der Waals surface area (Å²) < 4.78 is 33.1. The topological polar surface area (TPSA) is 70.7 Å². The van der Waals surface area contributed by atoms with Crippen molar-refractivity contribution in [1.29, 1.82) is 0 Å². The molecule has 0 saturated carbocycles. The number of rotatable bonds is 5. The summed E-state index contributed by atoms with van der Waals surface area (Å²) in [5, 5.41) is 6.93. The van der Waals surface area contributed by atoms with E-state index in [0.717, 1.165) is 26.9 Å². The second kappa shape index (κ2) is 9.53. The Morgan fingerprint density at radius 3 is 2.31 bits per heavy atom. The zero-order chi connectivity index (χ0) is 21.0. The Labute approximate surface area is 185 Å². The van der Waals surface area contributed by atoms with Crippen LogP contribution in [0.2, 0.25) is 0 Å². The van der Waals surface area contributed by atoms with Crippen LogP contribution in [0.15, 0.2) is 45.8 Å². The molecule has 1 aliphatic heterocycles. The Morgan fingerprint density at radius 1 is 1.14 bits per heavy atom. The number of nitrogens with one attached hydrogen (secondary N) is 2. The van der Waals surface area contributed by atoms with Crippen molar-refractivity contribution in [1.82, 2.24) is 9.62 Å². The molecule has 0 spiro atoms. The Bertz CT molecular complexity index is 966. The van der Waals surface area contributed by atoms with Gasteiger partial charge in [-0.05, 0) is 67.0 Å². The van der Waals surface area contributed by atoms with Crippen LogP contribution in [0.5, 0.6) is 0 Å². The molecule has 2 N–H and O–H groups in total. The first-order valence-electron chi connectivity index (χ1n) is 9.26. The van der Waals surface area contributed by atoms with E-state index in [4.69, 9.17) is 17.0 Å². The summed E-state index contributed by atoms with van der Waals surface area (Å²) in [7, 11) is -3.47. The highest BCUT2D eigenvalue weighted by molar-refractivity contribution is 9.10. The highest BCUT2D eigenvalue weighted by atomic mass is 79.9. The molecule has 0 bridgehead atoms. The summed E-state index contributed by atoms with van der Waals surface area (Å²) in [4.78, 5) is 0.296. The summed E-state index contributed by atoms with van der Waals surface area (Å²) in [6.45, 7) is 6.19. The average molecular weight is 498 g/mol. The largest absolute Gasteiger partial charge is 0.379 e. The van der Waals surface area contributed by atoms with Crippen molar-refractivity contribution in [3.8, 4) is 0 Å². The molecule has 3 rings (SSSR count). The summed E-state index contributed by atoms with van der Waals surface area (Å²) in [5.41, 5.74) is 4.12. The number of sulfonamides is 1. The van der Waals surface area contributed by atoms with Crippen molar-refractivity contribution in [2.45, 2.75) is 25.3 Å². The van der Waals surface area contributed by atoms with Gasteiger partial charge in [-0.25, -0.2) is 8.42 Å². The van der Waals surface area contributed by atoms with E-state index in [2.05, 4.69) is 26.6 Å². The lowest BCUT2D eigenvalue weighted by Crippen LogP contribution is -2.40. The SMILES string of the molecule is Cc1cc(Br)cc(C)c1NC(=S)NCc1ccc(S(=O)(=O)N2CCOCC2)cc1. The third-order valence-corrected chi connectivity index (χ3v) is 7.34. The number of aryl methyl sites for hydroxylation is 2. The van der Waals surface area contributed by atoms with Crippen LogP contribution >= 0.6 is 28.1 Å². The first-order valence-corrected chi connectivity index (χ1v) is 11.9. The molecule has 2 aromatic rings. The van der Waals surface area contributed by atoms with E-state index in [-0.39, 0.29) is 0 Å². The van der Waals surface area contributed by atoms with Gasteiger partial charge in [0.05, 0.1) is 18.1 Å². The van der Waals surface area contributed by atoms with Crippen molar-refractivity contribution in [3.05, 3.63) is 57.6 Å². The Kier molecular flexibility index (Phi) is 7.28. The molecule has 0 radical (unpaired) electrons. The van der Waals surface area contributed by atoms with Crippen molar-refractivity contribution in [2.75, 3.05) is 31.6 Å². The summed E-state index contributed by atoms with van der Waals surface area (Å²) in [6, 6.07) is 11.0. The van der Waals surface area contributed by atoms with Gasteiger partial charge < -0.3 is 15.4 Å². The highest BCUT2D eigenvalue weighted by Crippen LogP contribution is 2.25. The Hall–Kier alpha value is -1.52. The number of nitrogens with zero attached hydrogens (tertiary/aromatic N) is 1. The molecule has 156 valence electrons. The maximum atomic E-state index is 12.7. The van der Waals surface area contributed by atoms with Gasteiger partial charge in [-0.2, -0.15) is 4.31 Å². The van der Waals surface area contributed by atoms with Crippen LogP contribution in [0.1, 0.15) is 16.7 Å². The van der Waals surface area contributed by atoms with Gasteiger partial charge in [0.2, 0.25) is 10.0 Å². The fraction of sp³-hybridized carbons (Fsp3) is 0.350. The lowest BCUT2D eigenvalue weighted by atomic mass is 10.1. The first-order chi connectivity index (χ1) is 13.8. The maximum Gasteiger partial charge on any atom is 0.243 e. The molecule has 1 saturated heterocycles. The van der Waals surface area contributed by atoms with Gasteiger partial charge in [-0.3, -0.25) is 0 Å². The number of hydrogen-bond acceptors (Lipinski definition) is 4. The van der Waals surface area contributed by atoms with Crippen molar-refractivity contribution in [3.63, 3.8) is 0 Å². The molecule has 1 heterocycles. The Morgan fingerprint density at radius 2 is 1.72 bits per heavy atom. The van der Waals surface area contributed by atoms with Crippen LogP contribution in [-0.2, 0) is 21.3 Å². The summed E-state index contributed by atoms with van der Waals surface area (Å²) in [6.07, 6.45) is 0. The number of halogens is 1. The van der Waals surface area contributed by atoms with Crippen molar-refractivity contribution < 1.29 is 13.2 Å². The van der Waals surface area contributed by atoms with Gasteiger partial charge in [0.1, 0.15) is 0 Å². The minimum absolute atomic E-state index is 0.296. The zero-order valence-electron chi connectivity index (χ0n) is 16.4. The van der Waals surface area contributed by atoms with Crippen LogP contribution in [0, 0.1) is 13.8 Å². The van der Waals surface area contributed by atoms with E-state index >= 15 is 0 Å². The van der Waals surface area contributed by atoms with Crippen LogP contribution in [0.25, 0.3) is 0 Å². The van der Waals surface area contributed by atoms with Crippen LogP contribution in [-0.4, -0.2) is 44.1 Å². The van der Waals surface area contributed by atoms with E-state index in [0.29, 0.717) is 42.9 Å². The summed E-state index contributed by atoms with van der Waals surface area (Å²) >= 11 is 8.90. The third-order valence-electron chi connectivity index (χ3n) is 4.72. The number of hydrogen-bond donors (Lipinski definition) is 2. The second-order valence-electron chi connectivity index (χ2n) is 6.88. The minimum atomic E-state index is -3.47. The quantitative estimate of drug-likeness (QED) is 0.615. The van der Waals surface area contributed by atoms with Crippen molar-refractivity contribution >= 4 is 49.0 Å². The molecule has 0 amide bonds. The van der Waals surface area contributed by atoms with Crippen LogP contribution in [0.4, 0.5) is 5.69 Å². The van der Waals surface area contributed by atoms with Gasteiger partial charge in [0.15, 0.2) is 5.11 Å². The molecule has 6 nitrogen and oxygen atoms in total. The molecule has 2 aromatic carbocycles. The normalized spacial score (nSPS) is 15.1. The van der Waals surface area contributed by atoms with Crippen LogP contribution in [0.3, 0.4) is 0 Å². The highest BCUT2D eigenvalue weighted by Gasteiger charge is 2.26. The van der Waals surface area contributed by atoms with Gasteiger partial charge in [0.25, 0.3) is 0 Å². The van der Waals surface area contributed by atoms with Crippen LogP contribution < -0.4 is 10.6 Å². The zero-order valence-corrected chi connectivity index (χ0v) is 19.6. The predicted molar refractivity (Wildman–Crippen MR) is 123 cm³/mol. The first kappa shape index (κ1) is 22.2. The molecule has 1 fully saturated rings. The number of morpholine rings is 1. The number of thiocarbonyl (C=S) groups is 1. The van der Waals surface area contributed by atoms with Gasteiger partial charge >= 0.3 is 0 Å². The second-order valence-corrected chi connectivity index (χ2v) is 10.1. The molecular formula is C20H24BrN3O3S2. The third kappa shape index (κ3) is 5.55. The van der Waals surface area contributed by atoms with Gasteiger partial charge in [-0.15, -0.1) is 0 Å². The lowest BCUT2D eigenvalue weighted by molar-refractivity contribution is 0.0730. The standard InChI is InChI=1S/C20H24BrN3O3S2/c1-14-11-17(21)12-15(2)19(14)23-20(28)22-13-16-3-5-18(6-4-16)29(25,26)24-7-9-27-10-8-24/h3-6,11-12H,7-10,13H2,1-2H3,(H2,22,23,28).